The van der Waals surface area contributed by atoms with Crippen molar-refractivity contribution < 1.29 is 9.13 Å². The molecule has 1 rings (SSSR count). The van der Waals surface area contributed by atoms with Crippen LogP contribution in [0.15, 0.2) is 12.1 Å². The highest BCUT2D eigenvalue weighted by molar-refractivity contribution is 5.34. The number of rotatable bonds is 5. The molecule has 16 heavy (non-hydrogen) atoms. The van der Waals surface area contributed by atoms with Crippen molar-refractivity contribution in [3.63, 3.8) is 0 Å². The minimum atomic E-state index is -0.132. The summed E-state index contributed by atoms with van der Waals surface area (Å²) in [6.45, 7) is 4.48. The van der Waals surface area contributed by atoms with Crippen molar-refractivity contribution >= 4 is 0 Å². The first kappa shape index (κ1) is 13.1. The molecule has 0 amide bonds. The lowest BCUT2D eigenvalue weighted by Crippen LogP contribution is -2.20. The van der Waals surface area contributed by atoms with E-state index in [-0.39, 0.29) is 11.9 Å². The van der Waals surface area contributed by atoms with Gasteiger partial charge in [-0.05, 0) is 44.5 Å². The van der Waals surface area contributed by atoms with Crippen LogP contribution in [0.4, 0.5) is 4.39 Å². The zero-order valence-corrected chi connectivity index (χ0v) is 10.4. The maximum absolute atomic E-state index is 13.9. The predicted molar refractivity (Wildman–Crippen MR) is 64.2 cm³/mol. The average molecular weight is 225 g/mol. The van der Waals surface area contributed by atoms with Crippen molar-refractivity contribution in [2.45, 2.75) is 26.3 Å². The van der Waals surface area contributed by atoms with Crippen LogP contribution in [0.2, 0.25) is 0 Å². The van der Waals surface area contributed by atoms with Gasteiger partial charge in [0, 0.05) is 25.3 Å². The van der Waals surface area contributed by atoms with E-state index in [0.717, 1.165) is 23.1 Å². The third-order valence-electron chi connectivity index (χ3n) is 2.79. The average Bonchev–Trinajstić information content (AvgIpc) is 2.21. The van der Waals surface area contributed by atoms with Crippen LogP contribution in [0.1, 0.15) is 29.2 Å². The fourth-order valence-corrected chi connectivity index (χ4v) is 2.04. The minimum absolute atomic E-state index is 0.0144. The van der Waals surface area contributed by atoms with E-state index in [0.29, 0.717) is 6.61 Å². The first-order chi connectivity index (χ1) is 7.60. The van der Waals surface area contributed by atoms with Crippen molar-refractivity contribution in [3.8, 4) is 0 Å². The lowest BCUT2D eigenvalue weighted by Gasteiger charge is -2.19. The molecule has 1 aromatic rings. The van der Waals surface area contributed by atoms with Gasteiger partial charge in [-0.25, -0.2) is 4.39 Å². The van der Waals surface area contributed by atoms with Crippen molar-refractivity contribution in [2.75, 3.05) is 20.8 Å². The fourth-order valence-electron chi connectivity index (χ4n) is 2.04. The lowest BCUT2D eigenvalue weighted by molar-refractivity contribution is 0.183. The molecule has 2 nitrogen and oxygen atoms in total. The van der Waals surface area contributed by atoms with E-state index in [1.807, 2.05) is 27.0 Å². The summed E-state index contributed by atoms with van der Waals surface area (Å²) in [4.78, 5) is 0. The van der Waals surface area contributed by atoms with E-state index in [1.54, 1.807) is 13.2 Å². The monoisotopic (exact) mass is 225 g/mol. The van der Waals surface area contributed by atoms with E-state index in [1.165, 1.54) is 0 Å². The van der Waals surface area contributed by atoms with Gasteiger partial charge in [0.05, 0.1) is 0 Å². The summed E-state index contributed by atoms with van der Waals surface area (Å²) in [5.41, 5.74) is 2.71. The molecule has 0 aromatic heterocycles. The van der Waals surface area contributed by atoms with Crippen LogP contribution in [0.3, 0.4) is 0 Å². The highest BCUT2D eigenvalue weighted by atomic mass is 19.1. The Hall–Kier alpha value is -0.930. The van der Waals surface area contributed by atoms with Crippen LogP contribution in [0.5, 0.6) is 0 Å². The molecule has 0 radical (unpaired) electrons. The largest absolute Gasteiger partial charge is 0.385 e. The van der Waals surface area contributed by atoms with Crippen molar-refractivity contribution in [2.24, 2.45) is 0 Å². The number of nitrogens with one attached hydrogen (secondary N) is 1. The number of hydrogen-bond donors (Lipinski definition) is 1. The van der Waals surface area contributed by atoms with Gasteiger partial charge in [-0.1, -0.05) is 6.07 Å². The Morgan fingerprint density at radius 2 is 2.06 bits per heavy atom. The first-order valence-corrected chi connectivity index (χ1v) is 5.53. The summed E-state index contributed by atoms with van der Waals surface area (Å²) >= 11 is 0. The Bertz CT molecular complexity index is 329. The Morgan fingerprint density at radius 3 is 2.56 bits per heavy atom. The van der Waals surface area contributed by atoms with Gasteiger partial charge in [-0.2, -0.15) is 0 Å². The summed E-state index contributed by atoms with van der Waals surface area (Å²) in [5.74, 6) is -0.132. The summed E-state index contributed by atoms with van der Waals surface area (Å²) in [6, 6.07) is 3.61. The van der Waals surface area contributed by atoms with Gasteiger partial charge in [0.2, 0.25) is 0 Å². The Balaban J connectivity index is 2.99. The summed E-state index contributed by atoms with van der Waals surface area (Å²) in [6.07, 6.45) is 0.772. The molecular formula is C13H20FNO. The molecule has 1 atom stereocenters. The highest BCUT2D eigenvalue weighted by Crippen LogP contribution is 2.24. The fraction of sp³-hybridized carbons (Fsp3) is 0.538. The number of ether oxygens (including phenoxy) is 1. The molecule has 3 heteroatoms. The Labute approximate surface area is 96.8 Å². The topological polar surface area (TPSA) is 21.3 Å². The molecule has 0 fully saturated rings. The molecule has 0 aliphatic heterocycles. The number of halogens is 1. The maximum Gasteiger partial charge on any atom is 0.128 e. The van der Waals surface area contributed by atoms with Gasteiger partial charge >= 0.3 is 0 Å². The highest BCUT2D eigenvalue weighted by Gasteiger charge is 2.16. The van der Waals surface area contributed by atoms with Crippen molar-refractivity contribution in [3.05, 3.63) is 34.6 Å². The van der Waals surface area contributed by atoms with Gasteiger partial charge in [0.25, 0.3) is 0 Å². The molecule has 0 saturated carbocycles. The first-order valence-electron chi connectivity index (χ1n) is 5.53. The van der Waals surface area contributed by atoms with E-state index < -0.39 is 0 Å². The van der Waals surface area contributed by atoms with Crippen LogP contribution in [0, 0.1) is 19.7 Å². The van der Waals surface area contributed by atoms with E-state index in [9.17, 15) is 4.39 Å². The molecule has 0 bridgehead atoms. The van der Waals surface area contributed by atoms with E-state index >= 15 is 0 Å². The second-order valence-electron chi connectivity index (χ2n) is 4.10. The van der Waals surface area contributed by atoms with E-state index in [2.05, 4.69) is 5.32 Å². The third-order valence-corrected chi connectivity index (χ3v) is 2.79. The number of benzene rings is 1. The SMILES string of the molecule is CNC(CCOC)c1c(C)cc(C)cc1F. The molecule has 1 N–H and O–H groups in total. The number of methoxy groups -OCH3 is 1. The van der Waals surface area contributed by atoms with Crippen LogP contribution in [-0.2, 0) is 4.74 Å². The zero-order chi connectivity index (χ0) is 12.1. The second kappa shape index (κ2) is 5.97. The summed E-state index contributed by atoms with van der Waals surface area (Å²) in [7, 11) is 3.50. The van der Waals surface area contributed by atoms with E-state index in [4.69, 9.17) is 4.74 Å². The van der Waals surface area contributed by atoms with Gasteiger partial charge in [-0.3, -0.25) is 0 Å². The van der Waals surface area contributed by atoms with Gasteiger partial charge < -0.3 is 10.1 Å². The molecular weight excluding hydrogens is 205 g/mol. The quantitative estimate of drug-likeness (QED) is 0.832. The number of hydrogen-bond acceptors (Lipinski definition) is 2. The molecule has 0 saturated heterocycles. The smallest absolute Gasteiger partial charge is 0.128 e. The van der Waals surface area contributed by atoms with Crippen LogP contribution in [0.25, 0.3) is 0 Å². The van der Waals surface area contributed by atoms with Crippen LogP contribution >= 0.6 is 0 Å². The van der Waals surface area contributed by atoms with Gasteiger partial charge in [0.15, 0.2) is 0 Å². The molecule has 1 aromatic carbocycles. The maximum atomic E-state index is 13.9. The molecule has 90 valence electrons. The molecule has 0 spiro atoms. The lowest BCUT2D eigenvalue weighted by atomic mass is 9.96. The van der Waals surface area contributed by atoms with Crippen LogP contribution in [-0.4, -0.2) is 20.8 Å². The van der Waals surface area contributed by atoms with Crippen molar-refractivity contribution in [1.29, 1.82) is 0 Å². The van der Waals surface area contributed by atoms with Gasteiger partial charge in [0.1, 0.15) is 5.82 Å². The van der Waals surface area contributed by atoms with Crippen LogP contribution < -0.4 is 5.32 Å². The zero-order valence-electron chi connectivity index (χ0n) is 10.4. The Morgan fingerprint density at radius 1 is 1.38 bits per heavy atom. The number of aryl methyl sites for hydroxylation is 2. The second-order valence-corrected chi connectivity index (χ2v) is 4.10. The molecule has 0 aliphatic rings. The van der Waals surface area contributed by atoms with Gasteiger partial charge in [-0.15, -0.1) is 0 Å². The Kier molecular flexibility index (Phi) is 4.90. The molecule has 0 heterocycles. The molecule has 1 unspecified atom stereocenters. The molecule has 0 aliphatic carbocycles. The minimum Gasteiger partial charge on any atom is -0.385 e. The summed E-state index contributed by atoms with van der Waals surface area (Å²) < 4.78 is 18.9. The predicted octanol–water partition coefficient (Wildman–Crippen LogP) is 2.74. The van der Waals surface area contributed by atoms with Crippen molar-refractivity contribution in [1.82, 2.24) is 5.32 Å². The standard InChI is InChI=1S/C13H20FNO/c1-9-7-10(2)13(11(14)8-9)12(15-3)5-6-16-4/h7-8,12,15H,5-6H2,1-4H3. The third kappa shape index (κ3) is 3.03. The normalized spacial score (nSPS) is 12.8. The summed E-state index contributed by atoms with van der Waals surface area (Å²) in [5, 5.41) is 3.13.